The van der Waals surface area contributed by atoms with E-state index < -0.39 is 6.04 Å². The zero-order valence-electron chi connectivity index (χ0n) is 19.5. The summed E-state index contributed by atoms with van der Waals surface area (Å²) >= 11 is 12.6. The SMILES string of the molecule is CC(C)CNC(=O)C(Cc1ccccc1)N(Cc1ccccc1Cl)C(=O)Cc1cccc(Cl)c1. The summed E-state index contributed by atoms with van der Waals surface area (Å²) in [4.78, 5) is 28.7. The van der Waals surface area contributed by atoms with Crippen LogP contribution in [0.4, 0.5) is 0 Å². The van der Waals surface area contributed by atoms with Crippen LogP contribution in [0.15, 0.2) is 78.9 Å². The predicted octanol–water partition coefficient (Wildman–Crippen LogP) is 5.95. The molecule has 6 heteroatoms. The third-order valence-corrected chi connectivity index (χ3v) is 6.10. The molecule has 3 aromatic carbocycles. The Bertz CT molecular complexity index is 1100. The smallest absolute Gasteiger partial charge is 0.243 e. The van der Waals surface area contributed by atoms with Crippen LogP contribution in [0.2, 0.25) is 10.0 Å². The number of amides is 2. The first-order valence-electron chi connectivity index (χ1n) is 11.4. The minimum Gasteiger partial charge on any atom is -0.354 e. The molecule has 1 N–H and O–H groups in total. The van der Waals surface area contributed by atoms with E-state index in [1.807, 2.05) is 74.5 Å². The minimum absolute atomic E-state index is 0.133. The van der Waals surface area contributed by atoms with Crippen LogP contribution >= 0.6 is 23.2 Å². The Kier molecular flexibility index (Phi) is 9.55. The van der Waals surface area contributed by atoms with E-state index >= 15 is 0 Å². The molecular weight excluding hydrogens is 467 g/mol. The van der Waals surface area contributed by atoms with Gasteiger partial charge in [0.1, 0.15) is 6.04 Å². The molecule has 34 heavy (non-hydrogen) atoms. The Morgan fingerprint density at radius 1 is 0.882 bits per heavy atom. The fraction of sp³-hybridized carbons (Fsp3) is 0.286. The van der Waals surface area contributed by atoms with Gasteiger partial charge in [-0.1, -0.05) is 97.7 Å². The molecule has 1 atom stereocenters. The molecule has 0 radical (unpaired) electrons. The van der Waals surface area contributed by atoms with E-state index in [1.165, 1.54) is 0 Å². The molecule has 0 saturated carbocycles. The fourth-order valence-electron chi connectivity index (χ4n) is 3.71. The maximum absolute atomic E-state index is 13.7. The van der Waals surface area contributed by atoms with E-state index in [0.717, 1.165) is 16.7 Å². The van der Waals surface area contributed by atoms with Crippen molar-refractivity contribution in [1.82, 2.24) is 10.2 Å². The third kappa shape index (κ3) is 7.61. The molecule has 0 bridgehead atoms. The van der Waals surface area contributed by atoms with Gasteiger partial charge in [0.2, 0.25) is 11.8 Å². The Morgan fingerprint density at radius 3 is 2.24 bits per heavy atom. The van der Waals surface area contributed by atoms with Crippen LogP contribution in [-0.4, -0.2) is 29.3 Å². The average molecular weight is 497 g/mol. The van der Waals surface area contributed by atoms with Gasteiger partial charge in [0.25, 0.3) is 0 Å². The van der Waals surface area contributed by atoms with Gasteiger partial charge in [-0.15, -0.1) is 0 Å². The van der Waals surface area contributed by atoms with Crippen LogP contribution in [0.1, 0.15) is 30.5 Å². The lowest BCUT2D eigenvalue weighted by molar-refractivity contribution is -0.140. The van der Waals surface area contributed by atoms with Gasteiger partial charge in [-0.25, -0.2) is 0 Å². The predicted molar refractivity (Wildman–Crippen MR) is 139 cm³/mol. The molecule has 0 saturated heterocycles. The van der Waals surface area contributed by atoms with Crippen molar-refractivity contribution in [3.63, 3.8) is 0 Å². The van der Waals surface area contributed by atoms with Crippen molar-refractivity contribution in [3.8, 4) is 0 Å². The van der Waals surface area contributed by atoms with Gasteiger partial charge in [-0.3, -0.25) is 9.59 Å². The minimum atomic E-state index is -0.691. The molecule has 4 nitrogen and oxygen atoms in total. The average Bonchev–Trinajstić information content (AvgIpc) is 2.81. The van der Waals surface area contributed by atoms with Crippen molar-refractivity contribution >= 4 is 35.0 Å². The zero-order valence-corrected chi connectivity index (χ0v) is 21.0. The van der Waals surface area contributed by atoms with Gasteiger partial charge in [-0.2, -0.15) is 0 Å². The van der Waals surface area contributed by atoms with Crippen molar-refractivity contribution < 1.29 is 9.59 Å². The lowest BCUT2D eigenvalue weighted by Crippen LogP contribution is -2.51. The van der Waals surface area contributed by atoms with Gasteiger partial charge < -0.3 is 10.2 Å². The molecule has 178 valence electrons. The number of hydrogen-bond donors (Lipinski definition) is 1. The molecule has 2 amide bonds. The second kappa shape index (κ2) is 12.6. The number of hydrogen-bond acceptors (Lipinski definition) is 2. The molecule has 0 heterocycles. The van der Waals surface area contributed by atoms with E-state index in [4.69, 9.17) is 23.2 Å². The summed E-state index contributed by atoms with van der Waals surface area (Å²) in [5, 5.41) is 4.15. The Hall–Kier alpha value is -2.82. The number of nitrogens with one attached hydrogen (secondary N) is 1. The van der Waals surface area contributed by atoms with Gasteiger partial charge in [-0.05, 0) is 40.8 Å². The van der Waals surface area contributed by atoms with E-state index in [-0.39, 0.29) is 24.8 Å². The van der Waals surface area contributed by atoms with Gasteiger partial charge in [0.15, 0.2) is 0 Å². The zero-order chi connectivity index (χ0) is 24.5. The molecule has 0 aliphatic carbocycles. The number of benzene rings is 3. The molecule has 0 aromatic heterocycles. The van der Waals surface area contributed by atoms with Gasteiger partial charge in [0, 0.05) is 29.6 Å². The molecular formula is C28H30Cl2N2O2. The van der Waals surface area contributed by atoms with Crippen LogP contribution in [0.5, 0.6) is 0 Å². The molecule has 0 aliphatic heterocycles. The lowest BCUT2D eigenvalue weighted by Gasteiger charge is -2.32. The van der Waals surface area contributed by atoms with Crippen molar-refractivity contribution in [3.05, 3.63) is 106 Å². The highest BCUT2D eigenvalue weighted by Gasteiger charge is 2.30. The highest BCUT2D eigenvalue weighted by atomic mass is 35.5. The summed E-state index contributed by atoms with van der Waals surface area (Å²) in [5.74, 6) is -0.0487. The first-order chi connectivity index (χ1) is 16.3. The highest BCUT2D eigenvalue weighted by molar-refractivity contribution is 6.31. The van der Waals surface area contributed by atoms with Gasteiger partial charge in [0.05, 0.1) is 6.42 Å². The first kappa shape index (κ1) is 25.8. The second-order valence-corrected chi connectivity index (χ2v) is 9.61. The molecule has 0 aliphatic rings. The largest absolute Gasteiger partial charge is 0.354 e. The fourth-order valence-corrected chi connectivity index (χ4v) is 4.12. The molecule has 0 fully saturated rings. The van der Waals surface area contributed by atoms with Crippen molar-refractivity contribution in [2.75, 3.05) is 6.54 Å². The number of halogens is 2. The summed E-state index contributed by atoms with van der Waals surface area (Å²) in [6.45, 7) is 4.84. The lowest BCUT2D eigenvalue weighted by atomic mass is 10.0. The van der Waals surface area contributed by atoms with E-state index in [2.05, 4.69) is 5.32 Å². The molecule has 0 spiro atoms. The standard InChI is InChI=1S/C28H30Cl2N2O2/c1-20(2)18-31-28(34)26(16-21-9-4-3-5-10-21)32(19-23-12-6-7-14-25(23)30)27(33)17-22-11-8-13-24(29)15-22/h3-15,20,26H,16-19H2,1-2H3,(H,31,34). The summed E-state index contributed by atoms with van der Waals surface area (Å²) in [6, 6.07) is 23.7. The summed E-state index contributed by atoms with van der Waals surface area (Å²) in [5.41, 5.74) is 2.56. The maximum atomic E-state index is 13.7. The van der Waals surface area contributed by atoms with Gasteiger partial charge >= 0.3 is 0 Å². The van der Waals surface area contributed by atoms with E-state index in [0.29, 0.717) is 28.9 Å². The third-order valence-electron chi connectivity index (χ3n) is 5.50. The number of carbonyl (C=O) groups excluding carboxylic acids is 2. The van der Waals surface area contributed by atoms with Crippen LogP contribution in [0.25, 0.3) is 0 Å². The maximum Gasteiger partial charge on any atom is 0.243 e. The van der Waals surface area contributed by atoms with Crippen LogP contribution in [0.3, 0.4) is 0 Å². The Balaban J connectivity index is 1.97. The topological polar surface area (TPSA) is 49.4 Å². The van der Waals surface area contributed by atoms with Crippen molar-refractivity contribution in [2.45, 2.75) is 39.3 Å². The number of nitrogens with zero attached hydrogens (tertiary/aromatic N) is 1. The van der Waals surface area contributed by atoms with E-state index in [1.54, 1.807) is 23.1 Å². The van der Waals surface area contributed by atoms with Crippen molar-refractivity contribution in [2.24, 2.45) is 5.92 Å². The summed E-state index contributed by atoms with van der Waals surface area (Å²) in [6.07, 6.45) is 0.532. The first-order valence-corrected chi connectivity index (χ1v) is 12.2. The summed E-state index contributed by atoms with van der Waals surface area (Å²) < 4.78 is 0. The Labute approximate surface area is 211 Å². The van der Waals surface area contributed by atoms with Crippen LogP contribution in [-0.2, 0) is 29.0 Å². The molecule has 3 aromatic rings. The van der Waals surface area contributed by atoms with Crippen LogP contribution in [0, 0.1) is 5.92 Å². The Morgan fingerprint density at radius 2 is 1.56 bits per heavy atom. The number of carbonyl (C=O) groups is 2. The summed E-state index contributed by atoms with van der Waals surface area (Å²) in [7, 11) is 0. The second-order valence-electron chi connectivity index (χ2n) is 8.76. The van der Waals surface area contributed by atoms with Crippen molar-refractivity contribution in [1.29, 1.82) is 0 Å². The highest BCUT2D eigenvalue weighted by Crippen LogP contribution is 2.22. The molecule has 3 rings (SSSR count). The van der Waals surface area contributed by atoms with E-state index in [9.17, 15) is 9.59 Å². The quantitative estimate of drug-likeness (QED) is 0.377. The normalized spacial score (nSPS) is 11.8. The molecule has 1 unspecified atom stereocenters. The monoisotopic (exact) mass is 496 g/mol. The van der Waals surface area contributed by atoms with Crippen LogP contribution < -0.4 is 5.32 Å². The number of rotatable bonds is 10.